The highest BCUT2D eigenvalue weighted by Crippen LogP contribution is 2.07. The first kappa shape index (κ1) is 9.13. The number of fused-ring (bicyclic) bond motifs is 1. The Morgan fingerprint density at radius 1 is 1.29 bits per heavy atom. The summed E-state index contributed by atoms with van der Waals surface area (Å²) in [5.41, 5.74) is 8.03. The third-order valence-corrected chi connectivity index (χ3v) is 3.63. The normalized spacial score (nSPS) is 12.2. The molecule has 2 aromatic heterocycles. The van der Waals surface area contributed by atoms with Gasteiger partial charge in [0.2, 0.25) is 5.95 Å². The molecule has 0 saturated heterocycles. The van der Waals surface area contributed by atoms with E-state index in [2.05, 4.69) is 39.6 Å². The Balaban J connectivity index is 2.63. The molecule has 74 valence electrons. The van der Waals surface area contributed by atoms with E-state index in [0.29, 0.717) is 5.65 Å². The van der Waals surface area contributed by atoms with Gasteiger partial charge < -0.3 is 10.7 Å². The number of hydrogen-bond donors (Lipinski definition) is 2. The van der Waals surface area contributed by atoms with Crippen LogP contribution in [0.15, 0.2) is 6.20 Å². The lowest BCUT2D eigenvalue weighted by Crippen LogP contribution is -2.40. The van der Waals surface area contributed by atoms with E-state index in [9.17, 15) is 0 Å². The van der Waals surface area contributed by atoms with E-state index in [1.54, 1.807) is 6.20 Å². The molecule has 0 radical (unpaired) electrons. The number of hydrogen-bond acceptors (Lipinski definition) is 4. The van der Waals surface area contributed by atoms with Gasteiger partial charge in [0, 0.05) is 0 Å². The molecule has 0 unspecified atom stereocenters. The minimum Gasteiger partial charge on any atom is -0.368 e. The number of anilines is 1. The number of imidazole rings is 1. The highest BCUT2D eigenvalue weighted by atomic mass is 28.3. The molecule has 3 N–H and O–H groups in total. The van der Waals surface area contributed by atoms with Crippen molar-refractivity contribution in [1.82, 2.24) is 19.9 Å². The van der Waals surface area contributed by atoms with Crippen LogP contribution in [0.1, 0.15) is 0 Å². The van der Waals surface area contributed by atoms with Crippen LogP contribution in [0.5, 0.6) is 0 Å². The zero-order valence-electron chi connectivity index (χ0n) is 8.50. The predicted octanol–water partition coefficient (Wildman–Crippen LogP) is 0.480. The molecule has 0 bridgehead atoms. The first-order valence-electron chi connectivity index (χ1n) is 4.45. The zero-order valence-corrected chi connectivity index (χ0v) is 9.50. The lowest BCUT2D eigenvalue weighted by atomic mass is 10.6. The highest BCUT2D eigenvalue weighted by Gasteiger charge is 2.21. The Morgan fingerprint density at radius 2 is 2.00 bits per heavy atom. The second-order valence-electron chi connectivity index (χ2n) is 4.30. The minimum atomic E-state index is -1.41. The number of nitrogen functional groups attached to an aromatic ring is 1. The average Bonchev–Trinajstić information content (AvgIpc) is 2.45. The predicted molar refractivity (Wildman–Crippen MR) is 59.1 cm³/mol. The van der Waals surface area contributed by atoms with Crippen LogP contribution in [0.4, 0.5) is 5.95 Å². The van der Waals surface area contributed by atoms with Crippen molar-refractivity contribution < 1.29 is 0 Å². The van der Waals surface area contributed by atoms with E-state index < -0.39 is 8.07 Å². The van der Waals surface area contributed by atoms with Crippen LogP contribution in [0.25, 0.3) is 11.2 Å². The number of rotatable bonds is 1. The number of H-pyrrole nitrogens is 1. The summed E-state index contributed by atoms with van der Waals surface area (Å²) in [6, 6.07) is 0. The SMILES string of the molecule is C[Si](C)(C)c1nc2nc(N)ncc2[nH]1. The Kier molecular flexibility index (Phi) is 1.81. The molecule has 2 aromatic rings. The number of nitrogens with zero attached hydrogens (tertiary/aromatic N) is 3. The number of aromatic nitrogens is 4. The van der Waals surface area contributed by atoms with Crippen molar-refractivity contribution in [2.75, 3.05) is 5.73 Å². The molecule has 6 heteroatoms. The molecule has 0 aromatic carbocycles. The molecule has 2 rings (SSSR count). The fraction of sp³-hybridized carbons (Fsp3) is 0.375. The molecule has 0 saturated carbocycles. The number of aromatic amines is 1. The van der Waals surface area contributed by atoms with Gasteiger partial charge in [-0.2, -0.15) is 4.98 Å². The van der Waals surface area contributed by atoms with Crippen LogP contribution in [0, 0.1) is 0 Å². The molecule has 5 nitrogen and oxygen atoms in total. The monoisotopic (exact) mass is 207 g/mol. The van der Waals surface area contributed by atoms with E-state index in [1.807, 2.05) is 0 Å². The maximum atomic E-state index is 5.48. The fourth-order valence-electron chi connectivity index (χ4n) is 1.18. The maximum Gasteiger partial charge on any atom is 0.222 e. The summed E-state index contributed by atoms with van der Waals surface area (Å²) in [6.07, 6.45) is 1.67. The van der Waals surface area contributed by atoms with Gasteiger partial charge >= 0.3 is 0 Å². The lowest BCUT2D eigenvalue weighted by molar-refractivity contribution is 1.22. The first-order valence-corrected chi connectivity index (χ1v) is 7.95. The second kappa shape index (κ2) is 2.78. The summed E-state index contributed by atoms with van der Waals surface area (Å²) in [7, 11) is -1.41. The largest absolute Gasteiger partial charge is 0.368 e. The summed E-state index contributed by atoms with van der Waals surface area (Å²) in [5.74, 6) is 0.270. The zero-order chi connectivity index (χ0) is 10.3. The highest BCUT2D eigenvalue weighted by molar-refractivity contribution is 6.87. The van der Waals surface area contributed by atoms with Crippen LogP contribution in [0.2, 0.25) is 19.6 Å². The lowest BCUT2D eigenvalue weighted by Gasteiger charge is -2.10. The third-order valence-electron chi connectivity index (χ3n) is 1.97. The van der Waals surface area contributed by atoms with Crippen molar-refractivity contribution >= 4 is 30.6 Å². The Hall–Kier alpha value is -1.43. The summed E-state index contributed by atoms with van der Waals surface area (Å²) < 4.78 is 0. The molecule has 0 amide bonds. The van der Waals surface area contributed by atoms with E-state index >= 15 is 0 Å². The standard InChI is InChI=1S/C8H13N5Si/c1-14(2,3)8-11-5-4-10-7(9)12-6(5)13-8/h4H,1-3H3,(H3,9,10,11,12,13). The quantitative estimate of drug-likeness (QED) is 0.666. The van der Waals surface area contributed by atoms with Gasteiger partial charge in [0.05, 0.1) is 11.6 Å². The minimum absolute atomic E-state index is 0.270. The van der Waals surface area contributed by atoms with Gasteiger partial charge in [0.25, 0.3) is 0 Å². The van der Waals surface area contributed by atoms with E-state index in [-0.39, 0.29) is 5.95 Å². The van der Waals surface area contributed by atoms with Crippen LogP contribution in [-0.2, 0) is 0 Å². The topological polar surface area (TPSA) is 80.5 Å². The number of nitrogens with two attached hydrogens (primary N) is 1. The summed E-state index contributed by atoms with van der Waals surface area (Å²) in [6.45, 7) is 6.67. The van der Waals surface area contributed by atoms with Gasteiger partial charge in [-0.3, -0.25) is 0 Å². The van der Waals surface area contributed by atoms with Gasteiger partial charge in [-0.25, -0.2) is 9.97 Å². The molecule has 2 heterocycles. The smallest absolute Gasteiger partial charge is 0.222 e. The van der Waals surface area contributed by atoms with Crippen molar-refractivity contribution in [3.8, 4) is 0 Å². The molecular weight excluding hydrogens is 194 g/mol. The second-order valence-corrected chi connectivity index (χ2v) is 9.27. The molecule has 0 aliphatic rings. The summed E-state index contributed by atoms with van der Waals surface area (Å²) >= 11 is 0. The van der Waals surface area contributed by atoms with Crippen molar-refractivity contribution in [3.63, 3.8) is 0 Å². The van der Waals surface area contributed by atoms with E-state index in [4.69, 9.17) is 5.73 Å². The molecular formula is C8H13N5Si. The Bertz CT molecular complexity index is 470. The van der Waals surface area contributed by atoms with Crippen molar-refractivity contribution in [1.29, 1.82) is 0 Å². The van der Waals surface area contributed by atoms with E-state index in [0.717, 1.165) is 11.0 Å². The van der Waals surface area contributed by atoms with Gasteiger partial charge in [-0.05, 0) is 0 Å². The van der Waals surface area contributed by atoms with Gasteiger partial charge in [0.15, 0.2) is 5.65 Å². The molecule has 0 fully saturated rings. The molecule has 0 spiro atoms. The first-order chi connectivity index (χ1) is 6.47. The summed E-state index contributed by atoms with van der Waals surface area (Å²) in [4.78, 5) is 15.6. The molecule has 14 heavy (non-hydrogen) atoms. The average molecular weight is 207 g/mol. The van der Waals surface area contributed by atoms with Crippen LogP contribution in [-0.4, -0.2) is 28.0 Å². The third kappa shape index (κ3) is 1.48. The fourth-order valence-corrected chi connectivity index (χ4v) is 2.13. The number of nitrogens with one attached hydrogen (secondary N) is 1. The molecule has 0 aliphatic carbocycles. The Morgan fingerprint density at radius 3 is 2.64 bits per heavy atom. The van der Waals surface area contributed by atoms with Crippen LogP contribution in [0.3, 0.4) is 0 Å². The van der Waals surface area contributed by atoms with Crippen LogP contribution >= 0.6 is 0 Å². The molecule has 0 atom stereocenters. The van der Waals surface area contributed by atoms with Gasteiger partial charge in [-0.1, -0.05) is 19.6 Å². The van der Waals surface area contributed by atoms with Crippen molar-refractivity contribution in [2.45, 2.75) is 19.6 Å². The van der Waals surface area contributed by atoms with Crippen LogP contribution < -0.4 is 11.2 Å². The van der Waals surface area contributed by atoms with Crippen molar-refractivity contribution in [3.05, 3.63) is 6.20 Å². The molecule has 0 aliphatic heterocycles. The summed E-state index contributed by atoms with van der Waals surface area (Å²) in [5, 5.41) is 0. The van der Waals surface area contributed by atoms with Gasteiger partial charge in [0.1, 0.15) is 13.6 Å². The van der Waals surface area contributed by atoms with Crippen molar-refractivity contribution in [2.24, 2.45) is 0 Å². The Labute approximate surface area is 82.8 Å². The van der Waals surface area contributed by atoms with Gasteiger partial charge in [-0.15, -0.1) is 0 Å². The maximum absolute atomic E-state index is 5.48. The van der Waals surface area contributed by atoms with E-state index in [1.165, 1.54) is 0 Å².